The third kappa shape index (κ3) is 6.54. The van der Waals surface area contributed by atoms with Gasteiger partial charge in [-0.05, 0) is 140 Å². The Hall–Kier alpha value is -2.86. The predicted octanol–water partition coefficient (Wildman–Crippen LogP) is 12.3. The molecule has 40 heavy (non-hydrogen) atoms. The van der Waals surface area contributed by atoms with Gasteiger partial charge in [0.05, 0.1) is 0 Å². The molecule has 5 aromatic carbocycles. The van der Waals surface area contributed by atoms with E-state index in [-0.39, 0.29) is 0 Å². The van der Waals surface area contributed by atoms with E-state index in [0.29, 0.717) is 22.7 Å². The molecule has 0 fully saturated rings. The molecule has 0 nitrogen and oxygen atoms in total. The molecule has 2 unspecified atom stereocenters. The van der Waals surface area contributed by atoms with Crippen LogP contribution in [0.15, 0.2) is 72.8 Å². The van der Waals surface area contributed by atoms with Gasteiger partial charge in [-0.15, -0.1) is 0 Å². The zero-order valence-corrected chi connectivity index (χ0v) is 26.3. The van der Waals surface area contributed by atoms with Gasteiger partial charge in [-0.25, -0.2) is 0 Å². The highest BCUT2D eigenvalue weighted by Gasteiger charge is 2.21. The van der Waals surface area contributed by atoms with Crippen molar-refractivity contribution in [2.24, 2.45) is 22.7 Å². The highest BCUT2D eigenvalue weighted by molar-refractivity contribution is 6.13. The van der Waals surface area contributed by atoms with E-state index in [9.17, 15) is 0 Å². The van der Waals surface area contributed by atoms with Gasteiger partial charge in [-0.3, -0.25) is 0 Å². The average molecular weight is 531 g/mol. The zero-order valence-electron chi connectivity index (χ0n) is 26.3. The standard InChI is InChI=1S/C40H50/c1-27(25-39(3,4)5)17-19-33-35-21-29-13-9-11-15-31(29)23-37(35)34(20-18-28(2)26-40(6,7)8)38-24-32-16-12-10-14-30(32)22-36(33)38/h9-16,21-24,27-28H,17-20,25-26H2,1-8H3. The summed E-state index contributed by atoms with van der Waals surface area (Å²) in [4.78, 5) is 0. The van der Waals surface area contributed by atoms with Gasteiger partial charge in [0, 0.05) is 0 Å². The van der Waals surface area contributed by atoms with Crippen molar-refractivity contribution < 1.29 is 0 Å². The van der Waals surface area contributed by atoms with Crippen LogP contribution in [0.25, 0.3) is 43.1 Å². The van der Waals surface area contributed by atoms with Gasteiger partial charge >= 0.3 is 0 Å². The molecular weight excluding hydrogens is 480 g/mol. The number of aryl methyl sites for hydroxylation is 2. The van der Waals surface area contributed by atoms with Crippen molar-refractivity contribution in [1.29, 1.82) is 0 Å². The molecule has 0 aliphatic heterocycles. The van der Waals surface area contributed by atoms with E-state index in [4.69, 9.17) is 0 Å². The molecule has 0 heteroatoms. The first-order chi connectivity index (χ1) is 18.9. The summed E-state index contributed by atoms with van der Waals surface area (Å²) in [5, 5.41) is 11.3. The maximum atomic E-state index is 2.51. The van der Waals surface area contributed by atoms with Gasteiger partial charge in [-0.1, -0.05) is 104 Å². The Morgan fingerprint density at radius 3 is 1.00 bits per heavy atom. The first-order valence-corrected chi connectivity index (χ1v) is 15.7. The van der Waals surface area contributed by atoms with Crippen LogP contribution in [0.3, 0.4) is 0 Å². The monoisotopic (exact) mass is 530 g/mol. The fourth-order valence-corrected chi connectivity index (χ4v) is 7.38. The van der Waals surface area contributed by atoms with Crippen LogP contribution in [0.1, 0.15) is 92.2 Å². The Labute approximate surface area is 243 Å². The van der Waals surface area contributed by atoms with Crippen LogP contribution in [0.5, 0.6) is 0 Å². The summed E-state index contributed by atoms with van der Waals surface area (Å²) in [6.45, 7) is 19.2. The van der Waals surface area contributed by atoms with Gasteiger partial charge in [0.1, 0.15) is 0 Å². The molecule has 0 saturated carbocycles. The smallest absolute Gasteiger partial charge is 0.0136 e. The summed E-state index contributed by atoms with van der Waals surface area (Å²) >= 11 is 0. The van der Waals surface area contributed by atoms with Gasteiger partial charge in [0.2, 0.25) is 0 Å². The number of benzene rings is 5. The first-order valence-electron chi connectivity index (χ1n) is 15.7. The number of rotatable bonds is 8. The SMILES string of the molecule is CC(CCc1c2cc3ccccc3cc2c(CCC(C)CC(C)(C)C)c2cc3ccccc3cc12)CC(C)(C)C. The van der Waals surface area contributed by atoms with Crippen molar-refractivity contribution in [2.45, 2.75) is 93.9 Å². The van der Waals surface area contributed by atoms with E-state index in [1.807, 2.05) is 0 Å². The molecule has 0 spiro atoms. The molecule has 0 radical (unpaired) electrons. The molecule has 0 amide bonds. The van der Waals surface area contributed by atoms with E-state index in [0.717, 1.165) is 12.8 Å². The maximum Gasteiger partial charge on any atom is -0.0136 e. The van der Waals surface area contributed by atoms with E-state index in [1.165, 1.54) is 68.8 Å². The van der Waals surface area contributed by atoms with Crippen molar-refractivity contribution in [3.63, 3.8) is 0 Å². The van der Waals surface area contributed by atoms with Gasteiger partial charge in [0.25, 0.3) is 0 Å². The van der Waals surface area contributed by atoms with E-state index in [2.05, 4.69) is 128 Å². The lowest BCUT2D eigenvalue weighted by Crippen LogP contribution is -2.12. The minimum Gasteiger partial charge on any atom is -0.0625 e. The summed E-state index contributed by atoms with van der Waals surface area (Å²) in [6.07, 6.45) is 7.23. The first kappa shape index (κ1) is 28.7. The largest absolute Gasteiger partial charge is 0.0625 e. The summed E-state index contributed by atoms with van der Waals surface area (Å²) in [7, 11) is 0. The molecule has 5 aromatic rings. The van der Waals surface area contributed by atoms with Crippen LogP contribution >= 0.6 is 0 Å². The Balaban J connectivity index is 1.72. The molecule has 0 bridgehead atoms. The minimum atomic E-state index is 0.365. The normalized spacial score (nSPS) is 14.4. The summed E-state index contributed by atoms with van der Waals surface area (Å²) < 4.78 is 0. The second-order valence-electron chi connectivity index (χ2n) is 15.3. The molecule has 0 aliphatic rings. The summed E-state index contributed by atoms with van der Waals surface area (Å²) in [5.74, 6) is 1.40. The van der Waals surface area contributed by atoms with Crippen molar-refractivity contribution in [2.75, 3.05) is 0 Å². The highest BCUT2D eigenvalue weighted by atomic mass is 14.3. The molecule has 5 rings (SSSR count). The Bertz CT molecular complexity index is 1420. The van der Waals surface area contributed by atoms with Crippen LogP contribution < -0.4 is 0 Å². The lowest BCUT2D eigenvalue weighted by molar-refractivity contribution is 0.297. The second-order valence-corrected chi connectivity index (χ2v) is 15.3. The predicted molar refractivity (Wildman–Crippen MR) is 180 cm³/mol. The molecule has 0 heterocycles. The van der Waals surface area contributed by atoms with E-state index >= 15 is 0 Å². The summed E-state index contributed by atoms with van der Waals surface area (Å²) in [5.41, 5.74) is 3.83. The van der Waals surface area contributed by atoms with Crippen molar-refractivity contribution in [3.05, 3.63) is 83.9 Å². The second kappa shape index (κ2) is 11.2. The molecule has 0 N–H and O–H groups in total. The maximum absolute atomic E-state index is 2.51. The lowest BCUT2D eigenvalue weighted by Gasteiger charge is -2.25. The quantitative estimate of drug-likeness (QED) is 0.175. The number of hydrogen-bond acceptors (Lipinski definition) is 0. The number of fused-ring (bicyclic) bond motifs is 4. The Morgan fingerprint density at radius 1 is 0.475 bits per heavy atom. The summed E-state index contributed by atoms with van der Waals surface area (Å²) in [6, 6.07) is 27.9. The third-order valence-electron chi connectivity index (χ3n) is 8.77. The Kier molecular flexibility index (Phi) is 8.02. The minimum absolute atomic E-state index is 0.365. The number of hydrogen-bond donors (Lipinski definition) is 0. The van der Waals surface area contributed by atoms with Gasteiger partial charge in [-0.2, -0.15) is 0 Å². The average Bonchev–Trinajstić information content (AvgIpc) is 2.86. The molecule has 0 aromatic heterocycles. The van der Waals surface area contributed by atoms with Gasteiger partial charge in [0.15, 0.2) is 0 Å². The topological polar surface area (TPSA) is 0 Å². The Morgan fingerprint density at radius 2 is 0.750 bits per heavy atom. The van der Waals surface area contributed by atoms with Crippen LogP contribution in [-0.2, 0) is 12.8 Å². The fourth-order valence-electron chi connectivity index (χ4n) is 7.38. The van der Waals surface area contributed by atoms with Crippen LogP contribution in [0.4, 0.5) is 0 Å². The molecule has 0 aliphatic carbocycles. The lowest BCUT2D eigenvalue weighted by atomic mass is 9.80. The molecule has 210 valence electrons. The highest BCUT2D eigenvalue weighted by Crippen LogP contribution is 2.40. The fraction of sp³-hybridized carbons (Fsp3) is 0.450. The van der Waals surface area contributed by atoms with Crippen LogP contribution in [0.2, 0.25) is 0 Å². The third-order valence-corrected chi connectivity index (χ3v) is 8.77. The van der Waals surface area contributed by atoms with E-state index < -0.39 is 0 Å². The van der Waals surface area contributed by atoms with Crippen LogP contribution in [0, 0.1) is 22.7 Å². The van der Waals surface area contributed by atoms with Crippen LogP contribution in [-0.4, -0.2) is 0 Å². The van der Waals surface area contributed by atoms with Crippen molar-refractivity contribution >= 4 is 43.1 Å². The zero-order chi connectivity index (χ0) is 28.7. The van der Waals surface area contributed by atoms with Gasteiger partial charge < -0.3 is 0 Å². The molecular formula is C40H50. The van der Waals surface area contributed by atoms with Crippen molar-refractivity contribution in [3.8, 4) is 0 Å². The molecule has 2 atom stereocenters. The van der Waals surface area contributed by atoms with E-state index in [1.54, 1.807) is 11.1 Å². The molecule has 0 saturated heterocycles. The van der Waals surface area contributed by atoms with Crippen molar-refractivity contribution in [1.82, 2.24) is 0 Å².